The number of amides is 2. The van der Waals surface area contributed by atoms with E-state index in [0.29, 0.717) is 6.54 Å². The van der Waals surface area contributed by atoms with Crippen LogP contribution in [0, 0.1) is 19.7 Å². The van der Waals surface area contributed by atoms with Gasteiger partial charge < -0.3 is 10.2 Å². The minimum absolute atomic E-state index is 0.000541. The van der Waals surface area contributed by atoms with Crippen molar-refractivity contribution in [3.63, 3.8) is 0 Å². The van der Waals surface area contributed by atoms with Gasteiger partial charge in [-0.3, -0.25) is 13.9 Å². The second-order valence-corrected chi connectivity index (χ2v) is 11.1. The number of sulfonamides is 1. The first-order valence-corrected chi connectivity index (χ1v) is 13.9. The van der Waals surface area contributed by atoms with E-state index in [1.165, 1.54) is 29.2 Å². The highest BCUT2D eigenvalue weighted by atomic mass is 32.2. The van der Waals surface area contributed by atoms with Crippen LogP contribution in [0.1, 0.15) is 37.0 Å². The van der Waals surface area contributed by atoms with E-state index in [1.54, 1.807) is 19.1 Å². The summed E-state index contributed by atoms with van der Waals surface area (Å²) in [6.07, 6.45) is 0.733. The summed E-state index contributed by atoms with van der Waals surface area (Å²) in [5.74, 6) is -1.42. The molecule has 7 nitrogen and oxygen atoms in total. The zero-order valence-electron chi connectivity index (χ0n) is 22.1. The van der Waals surface area contributed by atoms with Crippen molar-refractivity contribution in [2.24, 2.45) is 0 Å². The van der Waals surface area contributed by atoms with Crippen LogP contribution in [0.4, 0.5) is 10.1 Å². The molecule has 3 aromatic rings. The minimum Gasteiger partial charge on any atom is -0.354 e. The topological polar surface area (TPSA) is 86.8 Å². The summed E-state index contributed by atoms with van der Waals surface area (Å²) < 4.78 is 42.1. The molecule has 0 unspecified atom stereocenters. The smallest absolute Gasteiger partial charge is 0.264 e. The van der Waals surface area contributed by atoms with E-state index in [0.717, 1.165) is 39.5 Å². The molecule has 0 aliphatic rings. The molecule has 0 radical (unpaired) electrons. The average molecular weight is 540 g/mol. The number of carbonyl (C=O) groups is 2. The summed E-state index contributed by atoms with van der Waals surface area (Å²) in [6, 6.07) is 17.8. The molecule has 3 aromatic carbocycles. The number of carbonyl (C=O) groups excluding carboxylic acids is 2. The van der Waals surface area contributed by atoms with Crippen LogP contribution < -0.4 is 9.62 Å². The third kappa shape index (κ3) is 6.98. The van der Waals surface area contributed by atoms with E-state index in [-0.39, 0.29) is 23.0 Å². The Kier molecular flexibility index (Phi) is 9.63. The molecule has 0 aliphatic heterocycles. The number of hydrogen-bond donors (Lipinski definition) is 1. The summed E-state index contributed by atoms with van der Waals surface area (Å²) in [5, 5.41) is 2.81. The monoisotopic (exact) mass is 539 g/mol. The van der Waals surface area contributed by atoms with Gasteiger partial charge >= 0.3 is 0 Å². The van der Waals surface area contributed by atoms with Gasteiger partial charge in [0.1, 0.15) is 18.4 Å². The normalized spacial score (nSPS) is 12.0. The van der Waals surface area contributed by atoms with Gasteiger partial charge in [-0.2, -0.15) is 0 Å². The molecule has 0 spiro atoms. The van der Waals surface area contributed by atoms with Crippen molar-refractivity contribution in [2.75, 3.05) is 17.4 Å². The second kappa shape index (κ2) is 12.7. The van der Waals surface area contributed by atoms with Gasteiger partial charge in [0, 0.05) is 13.1 Å². The van der Waals surface area contributed by atoms with Gasteiger partial charge in [0.2, 0.25) is 11.8 Å². The van der Waals surface area contributed by atoms with E-state index in [2.05, 4.69) is 5.32 Å². The second-order valence-electron chi connectivity index (χ2n) is 9.22. The molecule has 1 atom stereocenters. The van der Waals surface area contributed by atoms with Crippen molar-refractivity contribution in [3.8, 4) is 0 Å². The van der Waals surface area contributed by atoms with Crippen LogP contribution in [-0.2, 0) is 26.2 Å². The quantitative estimate of drug-likeness (QED) is 0.387. The Morgan fingerprint density at radius 1 is 0.947 bits per heavy atom. The zero-order chi connectivity index (χ0) is 27.9. The highest BCUT2D eigenvalue weighted by molar-refractivity contribution is 7.92. The first-order chi connectivity index (χ1) is 18.0. The van der Waals surface area contributed by atoms with Gasteiger partial charge in [-0.15, -0.1) is 0 Å². The van der Waals surface area contributed by atoms with E-state index in [9.17, 15) is 22.4 Å². The number of nitrogens with zero attached hydrogens (tertiary/aromatic N) is 2. The highest BCUT2D eigenvalue weighted by Gasteiger charge is 2.32. The van der Waals surface area contributed by atoms with Crippen LogP contribution in [0.2, 0.25) is 0 Å². The molecule has 202 valence electrons. The third-order valence-corrected chi connectivity index (χ3v) is 8.11. The van der Waals surface area contributed by atoms with E-state index in [4.69, 9.17) is 0 Å². The molecule has 0 saturated carbocycles. The largest absolute Gasteiger partial charge is 0.354 e. The van der Waals surface area contributed by atoms with Crippen molar-refractivity contribution in [3.05, 3.63) is 95.3 Å². The predicted octanol–water partition coefficient (Wildman–Crippen LogP) is 4.58. The summed E-state index contributed by atoms with van der Waals surface area (Å²) >= 11 is 0. The maximum Gasteiger partial charge on any atom is 0.264 e. The predicted molar refractivity (Wildman–Crippen MR) is 147 cm³/mol. The molecule has 0 heterocycles. The molecule has 38 heavy (non-hydrogen) atoms. The molecular formula is C29H34FN3O4S. The molecule has 1 N–H and O–H groups in total. The van der Waals surface area contributed by atoms with Crippen LogP contribution in [0.3, 0.4) is 0 Å². The summed E-state index contributed by atoms with van der Waals surface area (Å²) in [5.41, 5.74) is 2.80. The van der Waals surface area contributed by atoms with Crippen molar-refractivity contribution >= 4 is 27.5 Å². The van der Waals surface area contributed by atoms with Crippen LogP contribution in [-0.4, -0.2) is 44.3 Å². The SMILES string of the molecule is CCCNC(=O)[C@H](C)N(Cc1ccccc1C)C(=O)CN(c1ccc(F)cc1)S(=O)(=O)c1ccc(C)cc1. The van der Waals surface area contributed by atoms with Crippen LogP contribution >= 0.6 is 0 Å². The number of benzene rings is 3. The molecule has 2 amide bonds. The molecule has 0 bridgehead atoms. The number of halogens is 1. The van der Waals surface area contributed by atoms with Crippen molar-refractivity contribution < 1.29 is 22.4 Å². The summed E-state index contributed by atoms with van der Waals surface area (Å²) in [6.45, 7) is 7.31. The standard InChI is InChI=1S/C29H34FN3O4S/c1-5-18-31-29(35)23(4)32(19-24-9-7-6-8-22(24)3)28(34)20-33(26-14-12-25(30)13-15-26)38(36,37)27-16-10-21(2)11-17-27/h6-17,23H,5,18-20H2,1-4H3,(H,31,35)/t23-/m0/s1. The van der Waals surface area contributed by atoms with Gasteiger partial charge in [-0.1, -0.05) is 48.9 Å². The Morgan fingerprint density at radius 2 is 1.58 bits per heavy atom. The Labute approximate surface area is 224 Å². The molecule has 0 aliphatic carbocycles. The lowest BCUT2D eigenvalue weighted by Gasteiger charge is -2.32. The van der Waals surface area contributed by atoms with Crippen LogP contribution in [0.5, 0.6) is 0 Å². The highest BCUT2D eigenvalue weighted by Crippen LogP contribution is 2.25. The molecule has 0 saturated heterocycles. The maximum atomic E-state index is 13.8. The fourth-order valence-electron chi connectivity index (χ4n) is 3.92. The molecule has 0 aromatic heterocycles. The van der Waals surface area contributed by atoms with Crippen molar-refractivity contribution in [1.82, 2.24) is 10.2 Å². The lowest BCUT2D eigenvalue weighted by molar-refractivity contribution is -0.139. The number of aryl methyl sites for hydroxylation is 2. The van der Waals surface area contributed by atoms with Crippen LogP contribution in [0.15, 0.2) is 77.7 Å². The number of anilines is 1. The maximum absolute atomic E-state index is 13.8. The molecule has 0 fully saturated rings. The van der Waals surface area contributed by atoms with Gasteiger partial charge in [-0.05, 0) is 74.7 Å². The fraction of sp³-hybridized carbons (Fsp3) is 0.310. The number of rotatable bonds is 11. The van der Waals surface area contributed by atoms with Crippen LogP contribution in [0.25, 0.3) is 0 Å². The summed E-state index contributed by atoms with van der Waals surface area (Å²) in [4.78, 5) is 28.1. The minimum atomic E-state index is -4.19. The Bertz CT molecular complexity index is 1360. The van der Waals surface area contributed by atoms with E-state index < -0.39 is 34.3 Å². The van der Waals surface area contributed by atoms with Crippen molar-refractivity contribution in [2.45, 2.75) is 51.6 Å². The van der Waals surface area contributed by atoms with Crippen molar-refractivity contribution in [1.29, 1.82) is 0 Å². The molecule has 9 heteroatoms. The fourth-order valence-corrected chi connectivity index (χ4v) is 5.34. The van der Waals surface area contributed by atoms with Gasteiger partial charge in [-0.25, -0.2) is 12.8 Å². The zero-order valence-corrected chi connectivity index (χ0v) is 23.0. The third-order valence-electron chi connectivity index (χ3n) is 6.32. The number of hydrogen-bond acceptors (Lipinski definition) is 4. The van der Waals surface area contributed by atoms with Gasteiger partial charge in [0.05, 0.1) is 10.6 Å². The average Bonchev–Trinajstić information content (AvgIpc) is 2.90. The molecule has 3 rings (SSSR count). The Hall–Kier alpha value is -3.72. The summed E-state index contributed by atoms with van der Waals surface area (Å²) in [7, 11) is -4.19. The lowest BCUT2D eigenvalue weighted by Crippen LogP contribution is -2.51. The van der Waals surface area contributed by atoms with E-state index in [1.807, 2.05) is 45.0 Å². The first kappa shape index (κ1) is 28.8. The molecular weight excluding hydrogens is 505 g/mol. The first-order valence-electron chi connectivity index (χ1n) is 12.5. The Balaban J connectivity index is 2.02. The Morgan fingerprint density at radius 3 is 2.18 bits per heavy atom. The van der Waals surface area contributed by atoms with E-state index >= 15 is 0 Å². The number of nitrogens with one attached hydrogen (secondary N) is 1. The van der Waals surface area contributed by atoms with Gasteiger partial charge in [0.15, 0.2) is 0 Å². The van der Waals surface area contributed by atoms with Gasteiger partial charge in [0.25, 0.3) is 10.0 Å². The lowest BCUT2D eigenvalue weighted by atomic mass is 10.1.